The molecule has 0 bridgehead atoms. The summed E-state index contributed by atoms with van der Waals surface area (Å²) in [6.07, 6.45) is 1.34. The highest BCUT2D eigenvalue weighted by atomic mass is 16.6. The van der Waals surface area contributed by atoms with Crippen LogP contribution in [0.2, 0.25) is 0 Å². The van der Waals surface area contributed by atoms with Crippen LogP contribution in [0.4, 0.5) is 0 Å². The molecule has 1 saturated heterocycles. The average molecular weight is 423 g/mol. The number of Topliss-reactive ketones (excluding diaryl/α,β-unsaturated/α-hetero) is 1. The van der Waals surface area contributed by atoms with E-state index in [9.17, 15) is 14.4 Å². The van der Waals surface area contributed by atoms with Crippen molar-refractivity contribution in [2.24, 2.45) is 5.73 Å². The predicted octanol–water partition coefficient (Wildman–Crippen LogP) is 2.40. The largest absolute Gasteiger partial charge is 0.482 e. The molecular weight excluding hydrogens is 398 g/mol. The second kappa shape index (κ2) is 9.88. The summed E-state index contributed by atoms with van der Waals surface area (Å²) in [6, 6.07) is 12.4. The predicted molar refractivity (Wildman–Crippen MR) is 114 cm³/mol. The molecule has 3 N–H and O–H groups in total. The fourth-order valence-corrected chi connectivity index (χ4v) is 3.49. The minimum Gasteiger partial charge on any atom is -0.482 e. The van der Waals surface area contributed by atoms with Gasteiger partial charge >= 0.3 is 5.97 Å². The van der Waals surface area contributed by atoms with Gasteiger partial charge in [0.1, 0.15) is 11.6 Å². The molecule has 1 heterocycles. The SMILES string of the molecule is CCOC(=O)COc1ccc(C(=O)C2CCCN2C(=O)c2ccc(C(=N)N)cc2)cc1. The lowest BCUT2D eigenvalue weighted by molar-refractivity contribution is -0.145. The Bertz CT molecular complexity index is 970. The molecular formula is C23H25N3O5. The molecule has 1 unspecified atom stereocenters. The van der Waals surface area contributed by atoms with Crippen LogP contribution in [0.1, 0.15) is 46.0 Å². The lowest BCUT2D eigenvalue weighted by atomic mass is 10.0. The summed E-state index contributed by atoms with van der Waals surface area (Å²) < 4.78 is 10.2. The molecule has 8 heteroatoms. The monoisotopic (exact) mass is 423 g/mol. The fourth-order valence-electron chi connectivity index (χ4n) is 3.49. The average Bonchev–Trinajstić information content (AvgIpc) is 3.27. The molecule has 1 aliphatic heterocycles. The molecule has 0 aliphatic carbocycles. The number of nitrogens with one attached hydrogen (secondary N) is 1. The third-order valence-electron chi connectivity index (χ3n) is 5.06. The van der Waals surface area contributed by atoms with Crippen LogP contribution in [0.5, 0.6) is 5.75 Å². The molecule has 0 aromatic heterocycles. The van der Waals surface area contributed by atoms with Crippen molar-refractivity contribution in [1.82, 2.24) is 4.90 Å². The quantitative estimate of drug-likeness (QED) is 0.291. The number of amides is 1. The van der Waals surface area contributed by atoms with E-state index in [4.69, 9.17) is 20.6 Å². The maximum Gasteiger partial charge on any atom is 0.344 e. The standard InChI is InChI=1S/C23H25N3O5/c1-2-30-20(27)14-31-18-11-9-15(10-12-18)21(28)19-4-3-13-26(19)23(29)17-7-5-16(6-8-17)22(24)25/h5-12,19H,2-4,13-14H2,1H3,(H3,24,25). The van der Waals surface area contributed by atoms with E-state index in [2.05, 4.69) is 0 Å². The minimum atomic E-state index is -0.536. The van der Waals surface area contributed by atoms with Crippen molar-refractivity contribution < 1.29 is 23.9 Å². The number of nitrogen functional groups attached to an aromatic ring is 1. The topological polar surface area (TPSA) is 123 Å². The van der Waals surface area contributed by atoms with Gasteiger partial charge in [-0.15, -0.1) is 0 Å². The third kappa shape index (κ3) is 5.28. The Morgan fingerprint density at radius 3 is 2.26 bits per heavy atom. The Kier molecular flexibility index (Phi) is 7.02. The Balaban J connectivity index is 1.67. The zero-order chi connectivity index (χ0) is 22.4. The van der Waals surface area contributed by atoms with Crippen molar-refractivity contribution in [2.45, 2.75) is 25.8 Å². The van der Waals surface area contributed by atoms with Crippen molar-refractivity contribution in [2.75, 3.05) is 19.8 Å². The van der Waals surface area contributed by atoms with Crippen LogP contribution >= 0.6 is 0 Å². The molecule has 2 aromatic rings. The molecule has 8 nitrogen and oxygen atoms in total. The number of amidine groups is 1. The van der Waals surface area contributed by atoms with Gasteiger partial charge in [-0.25, -0.2) is 4.79 Å². The summed E-state index contributed by atoms with van der Waals surface area (Å²) in [5, 5.41) is 7.45. The number of ether oxygens (including phenoxy) is 2. The van der Waals surface area contributed by atoms with E-state index in [-0.39, 0.29) is 30.7 Å². The van der Waals surface area contributed by atoms with E-state index in [1.165, 1.54) is 0 Å². The van der Waals surface area contributed by atoms with E-state index in [0.29, 0.717) is 35.4 Å². The van der Waals surface area contributed by atoms with Gasteiger partial charge in [0.25, 0.3) is 5.91 Å². The number of esters is 1. The van der Waals surface area contributed by atoms with Crippen LogP contribution in [-0.2, 0) is 9.53 Å². The molecule has 0 radical (unpaired) electrons. The highest BCUT2D eigenvalue weighted by molar-refractivity contribution is 6.05. The normalized spacial score (nSPS) is 15.4. The van der Waals surface area contributed by atoms with E-state index in [1.54, 1.807) is 60.4 Å². The number of hydrogen-bond acceptors (Lipinski definition) is 6. The maximum absolute atomic E-state index is 13.0. The van der Waals surface area contributed by atoms with Gasteiger partial charge in [0, 0.05) is 23.2 Å². The Morgan fingerprint density at radius 2 is 1.65 bits per heavy atom. The first-order chi connectivity index (χ1) is 14.9. The number of likely N-dealkylation sites (tertiary alicyclic amines) is 1. The number of rotatable bonds is 8. The van der Waals surface area contributed by atoms with Gasteiger partial charge in [-0.2, -0.15) is 0 Å². The van der Waals surface area contributed by atoms with Gasteiger partial charge < -0.3 is 20.1 Å². The summed E-state index contributed by atoms with van der Waals surface area (Å²) in [5.41, 5.74) is 6.92. The number of benzene rings is 2. The third-order valence-corrected chi connectivity index (χ3v) is 5.06. The number of carbonyl (C=O) groups excluding carboxylic acids is 3. The van der Waals surface area contributed by atoms with Crippen LogP contribution in [-0.4, -0.2) is 54.2 Å². The maximum atomic E-state index is 13.0. The van der Waals surface area contributed by atoms with Crippen LogP contribution in [0, 0.1) is 5.41 Å². The lowest BCUT2D eigenvalue weighted by Crippen LogP contribution is -2.40. The van der Waals surface area contributed by atoms with E-state index in [1.807, 2.05) is 0 Å². The summed E-state index contributed by atoms with van der Waals surface area (Å²) in [6.45, 7) is 2.31. The Labute approximate surface area is 180 Å². The van der Waals surface area contributed by atoms with Gasteiger partial charge in [0.05, 0.1) is 12.6 Å². The van der Waals surface area contributed by atoms with Crippen molar-refractivity contribution in [3.8, 4) is 5.75 Å². The molecule has 1 fully saturated rings. The number of ketones is 1. The summed E-state index contributed by atoms with van der Waals surface area (Å²) >= 11 is 0. The summed E-state index contributed by atoms with van der Waals surface area (Å²) in [4.78, 5) is 39.0. The van der Waals surface area contributed by atoms with E-state index < -0.39 is 12.0 Å². The van der Waals surface area contributed by atoms with Gasteiger partial charge in [0.15, 0.2) is 12.4 Å². The molecule has 1 atom stereocenters. The van der Waals surface area contributed by atoms with Crippen molar-refractivity contribution in [3.63, 3.8) is 0 Å². The highest BCUT2D eigenvalue weighted by Crippen LogP contribution is 2.24. The second-order valence-corrected chi connectivity index (χ2v) is 7.13. The fraction of sp³-hybridized carbons (Fsp3) is 0.304. The number of nitrogens with two attached hydrogens (primary N) is 1. The molecule has 1 amide bonds. The van der Waals surface area contributed by atoms with Gasteiger partial charge in [-0.05, 0) is 56.2 Å². The molecule has 3 rings (SSSR count). The van der Waals surface area contributed by atoms with Crippen LogP contribution in [0.15, 0.2) is 48.5 Å². The second-order valence-electron chi connectivity index (χ2n) is 7.13. The molecule has 0 spiro atoms. The first kappa shape index (κ1) is 22.0. The van der Waals surface area contributed by atoms with Crippen LogP contribution < -0.4 is 10.5 Å². The summed E-state index contributed by atoms with van der Waals surface area (Å²) in [7, 11) is 0. The first-order valence-corrected chi connectivity index (χ1v) is 10.1. The first-order valence-electron chi connectivity index (χ1n) is 10.1. The van der Waals surface area contributed by atoms with Crippen LogP contribution in [0.3, 0.4) is 0 Å². The molecule has 162 valence electrons. The number of carbonyl (C=O) groups is 3. The van der Waals surface area contributed by atoms with E-state index >= 15 is 0 Å². The van der Waals surface area contributed by atoms with Crippen molar-refractivity contribution in [3.05, 3.63) is 65.2 Å². The smallest absolute Gasteiger partial charge is 0.344 e. The van der Waals surface area contributed by atoms with Crippen LogP contribution in [0.25, 0.3) is 0 Å². The minimum absolute atomic E-state index is 0.0668. The molecule has 31 heavy (non-hydrogen) atoms. The van der Waals surface area contributed by atoms with Gasteiger partial charge in [-0.1, -0.05) is 12.1 Å². The molecule has 0 saturated carbocycles. The number of hydrogen-bond donors (Lipinski definition) is 2. The highest BCUT2D eigenvalue weighted by Gasteiger charge is 2.35. The lowest BCUT2D eigenvalue weighted by Gasteiger charge is -2.24. The van der Waals surface area contributed by atoms with Crippen molar-refractivity contribution >= 4 is 23.5 Å². The Morgan fingerprint density at radius 1 is 1.03 bits per heavy atom. The van der Waals surface area contributed by atoms with E-state index in [0.717, 1.165) is 6.42 Å². The molecule has 1 aliphatic rings. The zero-order valence-corrected chi connectivity index (χ0v) is 17.3. The van der Waals surface area contributed by atoms with Gasteiger partial charge in [0.2, 0.25) is 0 Å². The molecule has 2 aromatic carbocycles. The van der Waals surface area contributed by atoms with Crippen molar-refractivity contribution in [1.29, 1.82) is 5.41 Å². The zero-order valence-electron chi connectivity index (χ0n) is 17.3. The number of nitrogens with zero attached hydrogens (tertiary/aromatic N) is 1. The Hall–Kier alpha value is -3.68. The van der Waals surface area contributed by atoms with Gasteiger partial charge in [-0.3, -0.25) is 15.0 Å². The summed E-state index contributed by atoms with van der Waals surface area (Å²) in [5.74, 6) is -0.431.